The average Bonchev–Trinajstić information content (AvgIpc) is 3.11. The Kier molecular flexibility index (Phi) is 6.58. The van der Waals surface area contributed by atoms with Crippen LogP contribution in [0.4, 0.5) is 5.69 Å². The van der Waals surface area contributed by atoms with E-state index in [0.717, 1.165) is 11.3 Å². The van der Waals surface area contributed by atoms with Gasteiger partial charge in [0.25, 0.3) is 11.2 Å². The quantitative estimate of drug-likeness (QED) is 0.225. The topological polar surface area (TPSA) is 104 Å². The van der Waals surface area contributed by atoms with Crippen LogP contribution in [-0.4, -0.2) is 22.1 Å². The second-order valence-corrected chi connectivity index (χ2v) is 8.82. The third-order valence-electron chi connectivity index (χ3n) is 5.14. The summed E-state index contributed by atoms with van der Waals surface area (Å²) in [5.41, 5.74) is 1.37. The van der Waals surface area contributed by atoms with E-state index in [1.54, 1.807) is 49.4 Å². The monoisotopic (exact) mass is 495 g/mol. The molecule has 0 spiro atoms. The number of carbonyl (C=O) groups excluding carboxylic acids is 1. The van der Waals surface area contributed by atoms with Crippen molar-refractivity contribution >= 4 is 40.7 Å². The average molecular weight is 496 g/mol. The third-order valence-corrected chi connectivity index (χ3v) is 6.37. The smallest absolute Gasteiger partial charge is 0.338 e. The molecule has 3 aromatic rings. The van der Waals surface area contributed by atoms with Gasteiger partial charge in [0.2, 0.25) is 0 Å². The van der Waals surface area contributed by atoms with E-state index in [1.165, 1.54) is 22.8 Å². The molecule has 8 nitrogen and oxygen atoms in total. The number of halogens is 1. The van der Waals surface area contributed by atoms with Gasteiger partial charge in [-0.05, 0) is 36.3 Å². The number of fused-ring (bicyclic) bond motifs is 1. The summed E-state index contributed by atoms with van der Waals surface area (Å²) in [4.78, 5) is 42.0. The zero-order valence-electron chi connectivity index (χ0n) is 17.9. The zero-order chi connectivity index (χ0) is 24.4. The van der Waals surface area contributed by atoms with Gasteiger partial charge in [0.05, 0.1) is 26.8 Å². The summed E-state index contributed by atoms with van der Waals surface area (Å²) in [6, 6.07) is 12.0. The molecule has 2 heterocycles. The molecule has 0 fully saturated rings. The molecule has 0 amide bonds. The minimum Gasteiger partial charge on any atom is -0.458 e. The number of allylic oxidation sites excluding steroid dienone is 1. The van der Waals surface area contributed by atoms with Gasteiger partial charge in [-0.15, -0.1) is 0 Å². The normalized spacial score (nSPS) is 15.5. The Balaban J connectivity index is 1.92. The number of hydrogen-bond acceptors (Lipinski definition) is 7. The predicted molar refractivity (Wildman–Crippen MR) is 129 cm³/mol. The predicted octanol–water partition coefficient (Wildman–Crippen LogP) is 3.53. The molecule has 34 heavy (non-hydrogen) atoms. The van der Waals surface area contributed by atoms with Crippen molar-refractivity contribution in [1.82, 2.24) is 4.57 Å². The van der Waals surface area contributed by atoms with Gasteiger partial charge < -0.3 is 4.74 Å². The van der Waals surface area contributed by atoms with Crippen molar-refractivity contribution in [3.8, 4) is 0 Å². The van der Waals surface area contributed by atoms with E-state index in [4.69, 9.17) is 16.3 Å². The summed E-state index contributed by atoms with van der Waals surface area (Å²) >= 11 is 7.19. The Morgan fingerprint density at radius 1 is 1.32 bits per heavy atom. The highest BCUT2D eigenvalue weighted by molar-refractivity contribution is 7.07. The van der Waals surface area contributed by atoms with Crippen LogP contribution in [0.2, 0.25) is 5.02 Å². The molecular weight excluding hydrogens is 478 g/mol. The molecule has 4 rings (SSSR count). The van der Waals surface area contributed by atoms with Crippen molar-refractivity contribution in [3.63, 3.8) is 0 Å². The van der Waals surface area contributed by atoms with E-state index in [0.29, 0.717) is 31.2 Å². The molecule has 0 aliphatic carbocycles. The number of esters is 1. The van der Waals surface area contributed by atoms with Gasteiger partial charge in [0.1, 0.15) is 6.61 Å². The minimum atomic E-state index is -0.780. The van der Waals surface area contributed by atoms with Gasteiger partial charge in [0.15, 0.2) is 4.80 Å². The molecule has 1 atom stereocenters. The van der Waals surface area contributed by atoms with E-state index in [-0.39, 0.29) is 23.4 Å². The van der Waals surface area contributed by atoms with Gasteiger partial charge in [-0.25, -0.2) is 9.79 Å². The maximum Gasteiger partial charge on any atom is 0.338 e. The number of ether oxygens (including phenoxy) is 1. The SMILES string of the molecule is C=CCOC(=O)C1=C(C)N=c2sc(=Cc3cccc([N+](=O)[O-])c3)c(=O)n2C1c1ccc(Cl)cc1. The molecule has 2 aromatic carbocycles. The van der Waals surface area contributed by atoms with Gasteiger partial charge >= 0.3 is 5.97 Å². The lowest BCUT2D eigenvalue weighted by Gasteiger charge is -2.24. The lowest BCUT2D eigenvalue weighted by Crippen LogP contribution is -2.39. The number of nitrogens with zero attached hydrogens (tertiary/aromatic N) is 3. The van der Waals surface area contributed by atoms with Crippen LogP contribution >= 0.6 is 22.9 Å². The van der Waals surface area contributed by atoms with Crippen molar-refractivity contribution in [2.75, 3.05) is 6.61 Å². The Bertz CT molecular complexity index is 1520. The number of nitro benzene ring substituents is 1. The minimum absolute atomic E-state index is 0.0140. The lowest BCUT2D eigenvalue weighted by atomic mass is 9.96. The molecule has 1 aliphatic rings. The number of hydrogen-bond donors (Lipinski definition) is 0. The Labute approximate surface area is 202 Å². The highest BCUT2D eigenvalue weighted by atomic mass is 35.5. The fraction of sp³-hybridized carbons (Fsp3) is 0.125. The Morgan fingerprint density at radius 2 is 2.06 bits per heavy atom. The summed E-state index contributed by atoms with van der Waals surface area (Å²) in [6.45, 7) is 5.26. The Hall–Kier alpha value is -3.82. The number of aromatic nitrogens is 1. The number of benzene rings is 2. The van der Waals surface area contributed by atoms with Gasteiger partial charge in [-0.2, -0.15) is 0 Å². The fourth-order valence-corrected chi connectivity index (χ4v) is 4.81. The van der Waals surface area contributed by atoms with Crippen molar-refractivity contribution in [1.29, 1.82) is 0 Å². The Morgan fingerprint density at radius 3 is 2.74 bits per heavy atom. The molecule has 1 unspecified atom stereocenters. The second-order valence-electron chi connectivity index (χ2n) is 7.37. The third kappa shape index (κ3) is 4.48. The van der Waals surface area contributed by atoms with E-state index in [9.17, 15) is 19.7 Å². The summed E-state index contributed by atoms with van der Waals surface area (Å²) in [7, 11) is 0. The van der Waals surface area contributed by atoms with Crippen LogP contribution in [0.25, 0.3) is 6.08 Å². The summed E-state index contributed by atoms with van der Waals surface area (Å²) in [6.07, 6.45) is 3.03. The number of rotatable bonds is 6. The molecule has 10 heteroatoms. The van der Waals surface area contributed by atoms with E-state index in [1.807, 2.05) is 0 Å². The molecular formula is C24H18ClN3O5S. The first-order valence-electron chi connectivity index (χ1n) is 10.1. The van der Waals surface area contributed by atoms with Crippen molar-refractivity contribution in [3.05, 3.63) is 118 Å². The van der Waals surface area contributed by atoms with Crippen molar-refractivity contribution in [2.24, 2.45) is 4.99 Å². The van der Waals surface area contributed by atoms with Crippen LogP contribution in [-0.2, 0) is 9.53 Å². The largest absolute Gasteiger partial charge is 0.458 e. The standard InChI is InChI=1S/C24H18ClN3O5S/c1-3-11-33-23(30)20-14(2)26-24-27(21(20)16-7-9-17(25)10-8-16)22(29)19(34-24)13-15-5-4-6-18(12-15)28(31)32/h3-10,12-13,21H,1,11H2,2H3. The summed E-state index contributed by atoms with van der Waals surface area (Å²) in [5, 5.41) is 11.6. The van der Waals surface area contributed by atoms with Crippen molar-refractivity contribution < 1.29 is 14.5 Å². The maximum atomic E-state index is 13.5. The number of thiazole rings is 1. The molecule has 172 valence electrons. The highest BCUT2D eigenvalue weighted by Gasteiger charge is 2.33. The summed E-state index contributed by atoms with van der Waals surface area (Å²) in [5.74, 6) is -0.603. The van der Waals surface area contributed by atoms with E-state index < -0.39 is 16.9 Å². The maximum absolute atomic E-state index is 13.5. The van der Waals surface area contributed by atoms with Crippen LogP contribution in [0.5, 0.6) is 0 Å². The first kappa shape index (κ1) is 23.3. The van der Waals surface area contributed by atoms with E-state index in [2.05, 4.69) is 11.6 Å². The first-order valence-corrected chi connectivity index (χ1v) is 11.3. The molecule has 1 aromatic heterocycles. The summed E-state index contributed by atoms with van der Waals surface area (Å²) < 4.78 is 7.05. The van der Waals surface area contributed by atoms with Gasteiger partial charge in [-0.1, -0.05) is 59.9 Å². The van der Waals surface area contributed by atoms with E-state index >= 15 is 0 Å². The fourth-order valence-electron chi connectivity index (χ4n) is 3.64. The zero-order valence-corrected chi connectivity index (χ0v) is 19.5. The van der Waals surface area contributed by atoms with Crippen molar-refractivity contribution in [2.45, 2.75) is 13.0 Å². The molecule has 0 radical (unpaired) electrons. The van der Waals surface area contributed by atoms with Gasteiger partial charge in [-0.3, -0.25) is 19.5 Å². The van der Waals surface area contributed by atoms with Crippen LogP contribution in [0.3, 0.4) is 0 Å². The van der Waals surface area contributed by atoms with Crippen LogP contribution < -0.4 is 14.9 Å². The molecule has 0 bridgehead atoms. The highest BCUT2D eigenvalue weighted by Crippen LogP contribution is 2.31. The lowest BCUT2D eigenvalue weighted by molar-refractivity contribution is -0.384. The van der Waals surface area contributed by atoms with Gasteiger partial charge in [0, 0.05) is 17.2 Å². The number of nitro groups is 1. The molecule has 0 saturated heterocycles. The van der Waals surface area contributed by atoms with Crippen LogP contribution in [0.1, 0.15) is 24.1 Å². The number of non-ortho nitro benzene ring substituents is 1. The molecule has 0 N–H and O–H groups in total. The van der Waals surface area contributed by atoms with Crippen LogP contribution in [0.15, 0.2) is 82.2 Å². The number of carbonyl (C=O) groups is 1. The molecule has 1 aliphatic heterocycles. The second kappa shape index (κ2) is 9.58. The first-order chi connectivity index (χ1) is 16.3. The van der Waals surface area contributed by atoms with Crippen LogP contribution in [0, 0.1) is 10.1 Å². The molecule has 0 saturated carbocycles.